The van der Waals surface area contributed by atoms with Crippen LogP contribution in [0.25, 0.3) is 0 Å². The molecule has 2 aliphatic heterocycles. The summed E-state index contributed by atoms with van der Waals surface area (Å²) in [4.78, 5) is 58.8. The van der Waals surface area contributed by atoms with Crippen LogP contribution in [0.5, 0.6) is 11.5 Å². The number of carbonyl (C=O) groups excluding carboxylic acids is 4. The number of hydrogen-bond donors (Lipinski definition) is 3. The summed E-state index contributed by atoms with van der Waals surface area (Å²) in [5.41, 5.74) is 0.416. The monoisotopic (exact) mass is 621 g/mol. The summed E-state index contributed by atoms with van der Waals surface area (Å²) < 4.78 is 11.4. The highest BCUT2D eigenvalue weighted by Gasteiger charge is 2.40. The third kappa shape index (κ3) is 9.67. The van der Waals surface area contributed by atoms with Crippen molar-refractivity contribution in [1.29, 1.82) is 0 Å². The van der Waals surface area contributed by atoms with Gasteiger partial charge in [0.1, 0.15) is 0 Å². The molecule has 3 N–H and O–H groups in total. The van der Waals surface area contributed by atoms with Crippen molar-refractivity contribution < 1.29 is 28.7 Å². The van der Waals surface area contributed by atoms with E-state index in [1.54, 1.807) is 29.3 Å². The van der Waals surface area contributed by atoms with Crippen LogP contribution >= 0.6 is 0 Å². The highest BCUT2D eigenvalue weighted by Crippen LogP contribution is 2.35. The number of benzene rings is 1. The second kappa shape index (κ2) is 16.2. The van der Waals surface area contributed by atoms with Crippen molar-refractivity contribution in [1.82, 2.24) is 25.8 Å². The molecular weight excluding hydrogens is 574 g/mol. The first-order chi connectivity index (χ1) is 21.7. The zero-order valence-electron chi connectivity index (χ0n) is 26.7. The van der Waals surface area contributed by atoms with Gasteiger partial charge in [-0.05, 0) is 80.7 Å². The highest BCUT2D eigenvalue weighted by atomic mass is 16.5. The van der Waals surface area contributed by atoms with Gasteiger partial charge in [-0.15, -0.1) is 0 Å². The van der Waals surface area contributed by atoms with E-state index in [1.807, 2.05) is 12.1 Å². The summed E-state index contributed by atoms with van der Waals surface area (Å²) in [6.07, 6.45) is 8.51. The van der Waals surface area contributed by atoms with Gasteiger partial charge in [-0.3, -0.25) is 24.2 Å². The van der Waals surface area contributed by atoms with Crippen LogP contribution in [0.2, 0.25) is 0 Å². The largest absolute Gasteiger partial charge is 0.493 e. The fraction of sp³-hybridized carbons (Fsp3) is 0.559. The highest BCUT2D eigenvalue weighted by molar-refractivity contribution is 5.94. The molecule has 1 saturated carbocycles. The summed E-state index contributed by atoms with van der Waals surface area (Å²) in [5.74, 6) is 0.420. The van der Waals surface area contributed by atoms with Crippen LogP contribution in [0.15, 0.2) is 42.7 Å². The maximum atomic E-state index is 14.0. The zero-order chi connectivity index (χ0) is 32.2. The van der Waals surface area contributed by atoms with Gasteiger partial charge in [0.05, 0.1) is 18.1 Å². The number of aromatic nitrogens is 1. The number of nitrogens with zero attached hydrogens (tertiary/aromatic N) is 2. The third-order valence-corrected chi connectivity index (χ3v) is 8.61. The lowest BCUT2D eigenvalue weighted by Gasteiger charge is -2.37. The SMILES string of the molecule is COc1cc2ccc1OCC(=O)NCCN(C(=O)c1cccnc1)CCCC(=O)NCC(CCC(C)C)(C(=O)NC1CCC1)C2. The first-order valence-corrected chi connectivity index (χ1v) is 16.0. The number of methoxy groups -OCH3 is 1. The van der Waals surface area contributed by atoms with Gasteiger partial charge in [-0.25, -0.2) is 0 Å². The van der Waals surface area contributed by atoms with E-state index in [1.165, 1.54) is 13.3 Å². The molecule has 3 aliphatic rings. The lowest BCUT2D eigenvalue weighted by atomic mass is 9.74. The number of ether oxygens (including phenoxy) is 2. The Balaban J connectivity index is 1.61. The van der Waals surface area contributed by atoms with E-state index in [4.69, 9.17) is 9.47 Å². The predicted octanol–water partition coefficient (Wildman–Crippen LogP) is 3.27. The molecule has 0 spiro atoms. The fourth-order valence-electron chi connectivity index (χ4n) is 5.60. The lowest BCUT2D eigenvalue weighted by molar-refractivity contribution is -0.133. The molecule has 2 aromatic rings. The summed E-state index contributed by atoms with van der Waals surface area (Å²) in [7, 11) is 1.53. The number of fused-ring (bicyclic) bond motifs is 16. The summed E-state index contributed by atoms with van der Waals surface area (Å²) in [6, 6.07) is 9.01. The molecule has 1 atom stereocenters. The molecule has 0 saturated heterocycles. The number of nitrogens with one attached hydrogen (secondary N) is 3. The van der Waals surface area contributed by atoms with Crippen LogP contribution < -0.4 is 25.4 Å². The Morgan fingerprint density at radius 2 is 1.96 bits per heavy atom. The van der Waals surface area contributed by atoms with Gasteiger partial charge in [-0.2, -0.15) is 0 Å². The number of hydrogen-bond acceptors (Lipinski definition) is 7. The van der Waals surface area contributed by atoms with Crippen LogP contribution in [-0.2, 0) is 20.8 Å². The quantitative estimate of drug-likeness (QED) is 0.404. The van der Waals surface area contributed by atoms with E-state index in [-0.39, 0.29) is 62.3 Å². The maximum Gasteiger partial charge on any atom is 0.258 e. The Kier molecular flexibility index (Phi) is 12.2. The molecule has 0 radical (unpaired) electrons. The van der Waals surface area contributed by atoms with Crippen molar-refractivity contribution in [2.24, 2.45) is 11.3 Å². The van der Waals surface area contributed by atoms with Crippen LogP contribution in [0.1, 0.15) is 74.7 Å². The van der Waals surface area contributed by atoms with Gasteiger partial charge in [0.2, 0.25) is 11.8 Å². The van der Waals surface area contributed by atoms with Gasteiger partial charge in [0.25, 0.3) is 11.8 Å². The first kappa shape index (κ1) is 33.7. The van der Waals surface area contributed by atoms with E-state index < -0.39 is 5.41 Å². The molecular formula is C34H47N5O6. The molecule has 3 heterocycles. The smallest absolute Gasteiger partial charge is 0.258 e. The van der Waals surface area contributed by atoms with Crippen molar-refractivity contribution in [2.45, 2.75) is 71.3 Å². The standard InChI is InChI=1S/C34H47N5O6/c1-24(2)13-14-34(33(43)38-27-8-4-9-27)20-25-11-12-28(29(19-25)44-3)45-22-31(41)36-16-18-39(17-6-10-30(40)37-23-34)32(42)26-7-5-15-35-21-26/h5,7,11-12,15,19,21,24,27H,4,6,8-10,13-14,16-18,20,22-23H2,1-3H3,(H,36,41)(H,37,40)(H,38,43). The Morgan fingerprint density at radius 3 is 2.64 bits per heavy atom. The van der Waals surface area contributed by atoms with E-state index in [2.05, 4.69) is 34.8 Å². The van der Waals surface area contributed by atoms with Crippen LogP contribution in [0.3, 0.4) is 0 Å². The molecule has 11 nitrogen and oxygen atoms in total. The summed E-state index contributed by atoms with van der Waals surface area (Å²) in [6.45, 7) is 4.99. The van der Waals surface area contributed by atoms with Crippen molar-refractivity contribution in [3.05, 3.63) is 53.9 Å². The Hall–Kier alpha value is -4.15. The molecule has 1 aromatic heterocycles. The van der Waals surface area contributed by atoms with Gasteiger partial charge in [0.15, 0.2) is 18.1 Å². The summed E-state index contributed by atoms with van der Waals surface area (Å²) >= 11 is 0. The van der Waals surface area contributed by atoms with Gasteiger partial charge >= 0.3 is 0 Å². The zero-order valence-corrected chi connectivity index (χ0v) is 26.7. The van der Waals surface area contributed by atoms with Crippen LogP contribution in [-0.4, -0.2) is 79.5 Å². The average molecular weight is 622 g/mol. The second-order valence-corrected chi connectivity index (χ2v) is 12.5. The second-order valence-electron chi connectivity index (χ2n) is 12.5. The minimum atomic E-state index is -0.881. The molecule has 4 amide bonds. The molecule has 11 heteroatoms. The van der Waals surface area contributed by atoms with E-state index in [0.29, 0.717) is 48.8 Å². The molecule has 5 rings (SSSR count). The van der Waals surface area contributed by atoms with Gasteiger partial charge < -0.3 is 30.3 Å². The van der Waals surface area contributed by atoms with E-state index >= 15 is 0 Å². The molecule has 45 heavy (non-hydrogen) atoms. The normalized spacial score (nSPS) is 20.5. The molecule has 1 aliphatic carbocycles. The van der Waals surface area contributed by atoms with Gasteiger partial charge in [0, 0.05) is 51.0 Å². The minimum absolute atomic E-state index is 0.0525. The average Bonchev–Trinajstić information content (AvgIpc) is 3.02. The predicted molar refractivity (Wildman–Crippen MR) is 170 cm³/mol. The summed E-state index contributed by atoms with van der Waals surface area (Å²) in [5, 5.41) is 9.14. The molecule has 244 valence electrons. The number of amides is 4. The van der Waals surface area contributed by atoms with Crippen molar-refractivity contribution >= 4 is 23.6 Å². The van der Waals surface area contributed by atoms with Crippen molar-refractivity contribution in [3.8, 4) is 11.5 Å². The maximum absolute atomic E-state index is 14.0. The van der Waals surface area contributed by atoms with Crippen LogP contribution in [0, 0.1) is 11.3 Å². The Bertz CT molecular complexity index is 1320. The topological polar surface area (TPSA) is 139 Å². The Morgan fingerprint density at radius 1 is 1.13 bits per heavy atom. The molecule has 1 aromatic carbocycles. The number of pyridine rings is 1. The van der Waals surface area contributed by atoms with Gasteiger partial charge in [-0.1, -0.05) is 19.9 Å². The Labute approximate surface area is 265 Å². The van der Waals surface area contributed by atoms with Crippen LogP contribution in [0.4, 0.5) is 0 Å². The molecule has 1 unspecified atom stereocenters. The first-order valence-electron chi connectivity index (χ1n) is 16.0. The third-order valence-electron chi connectivity index (χ3n) is 8.61. The van der Waals surface area contributed by atoms with Crippen molar-refractivity contribution in [2.75, 3.05) is 39.9 Å². The number of rotatable bonds is 7. The number of carbonyl (C=O) groups is 4. The molecule has 1 fully saturated rings. The fourth-order valence-corrected chi connectivity index (χ4v) is 5.60. The van der Waals surface area contributed by atoms with Crippen molar-refractivity contribution in [3.63, 3.8) is 0 Å². The lowest BCUT2D eigenvalue weighted by Crippen LogP contribution is -2.53. The minimum Gasteiger partial charge on any atom is -0.493 e. The van der Waals surface area contributed by atoms with E-state index in [9.17, 15) is 19.2 Å². The molecule has 2 bridgehead atoms. The van der Waals surface area contributed by atoms with E-state index in [0.717, 1.165) is 31.2 Å².